The highest BCUT2D eigenvalue weighted by Gasteiger charge is 2.26. The predicted molar refractivity (Wildman–Crippen MR) is 83.0 cm³/mol. The number of rotatable bonds is 3. The molecule has 7 nitrogen and oxygen atoms in total. The van der Waals surface area contributed by atoms with Gasteiger partial charge in [0.25, 0.3) is 0 Å². The number of benzene rings is 2. The number of ether oxygens (including phenoxy) is 3. The average Bonchev–Trinajstić information content (AvgIpc) is 2.55. The minimum Gasteiger partial charge on any atom is -0.508 e. The van der Waals surface area contributed by atoms with Crippen molar-refractivity contribution in [2.45, 2.75) is 0 Å². The van der Waals surface area contributed by atoms with Gasteiger partial charge in [-0.1, -0.05) is 0 Å². The van der Waals surface area contributed by atoms with Crippen LogP contribution in [0.1, 0.15) is 0 Å². The normalized spacial score (nSPS) is 10.9. The van der Waals surface area contributed by atoms with Gasteiger partial charge in [0.1, 0.15) is 16.7 Å². The Labute approximate surface area is 130 Å². The van der Waals surface area contributed by atoms with Gasteiger partial charge < -0.3 is 28.8 Å². The summed E-state index contributed by atoms with van der Waals surface area (Å²) in [6.45, 7) is 0. The van der Waals surface area contributed by atoms with E-state index in [4.69, 9.17) is 18.6 Å². The molecule has 0 aliphatic heterocycles. The molecule has 0 aliphatic carbocycles. The fraction of sp³-hybridized carbons (Fsp3) is 0.188. The number of phenols is 2. The molecule has 0 fully saturated rings. The number of aromatic hydroxyl groups is 2. The zero-order valence-corrected chi connectivity index (χ0v) is 12.7. The molecular formula is C16H14O7. The van der Waals surface area contributed by atoms with Crippen molar-refractivity contribution in [1.82, 2.24) is 0 Å². The standard InChI is InChI=1S/C16H14O7/c1-20-14-12(19)10-11(18)8-6-7(17)4-5-9(8)23-13(10)15(21-2)16(14)22-3/h4-6,17,19H,1-3H3. The van der Waals surface area contributed by atoms with Crippen LogP contribution in [0.15, 0.2) is 27.4 Å². The van der Waals surface area contributed by atoms with Gasteiger partial charge in [-0.05, 0) is 18.2 Å². The molecule has 0 atom stereocenters. The molecule has 0 saturated carbocycles. The summed E-state index contributed by atoms with van der Waals surface area (Å²) in [5.74, 6) is -0.301. The molecule has 0 saturated heterocycles. The van der Waals surface area contributed by atoms with Crippen molar-refractivity contribution in [2.75, 3.05) is 21.3 Å². The van der Waals surface area contributed by atoms with Gasteiger partial charge in [0.05, 0.1) is 26.7 Å². The van der Waals surface area contributed by atoms with E-state index in [1.807, 2.05) is 0 Å². The third-order valence-electron chi connectivity index (χ3n) is 3.56. The first-order valence-corrected chi connectivity index (χ1v) is 6.63. The second kappa shape index (κ2) is 5.28. The van der Waals surface area contributed by atoms with E-state index < -0.39 is 11.2 Å². The van der Waals surface area contributed by atoms with Gasteiger partial charge in [-0.25, -0.2) is 0 Å². The number of methoxy groups -OCH3 is 3. The largest absolute Gasteiger partial charge is 0.508 e. The zero-order valence-electron chi connectivity index (χ0n) is 12.7. The Hall–Kier alpha value is -3.09. The van der Waals surface area contributed by atoms with E-state index in [-0.39, 0.29) is 44.9 Å². The summed E-state index contributed by atoms with van der Waals surface area (Å²) in [5, 5.41) is 20.0. The van der Waals surface area contributed by atoms with Crippen molar-refractivity contribution in [1.29, 1.82) is 0 Å². The van der Waals surface area contributed by atoms with Crippen LogP contribution < -0.4 is 19.6 Å². The lowest BCUT2D eigenvalue weighted by Crippen LogP contribution is -2.05. The van der Waals surface area contributed by atoms with Crippen LogP contribution in [0.3, 0.4) is 0 Å². The van der Waals surface area contributed by atoms with Crippen LogP contribution in [0.25, 0.3) is 21.9 Å². The molecule has 0 bridgehead atoms. The molecule has 0 spiro atoms. The van der Waals surface area contributed by atoms with Crippen LogP contribution in [0.5, 0.6) is 28.7 Å². The lowest BCUT2D eigenvalue weighted by Gasteiger charge is -2.15. The maximum absolute atomic E-state index is 12.7. The number of fused-ring (bicyclic) bond motifs is 2. The molecule has 3 rings (SSSR count). The molecule has 2 N–H and O–H groups in total. The molecule has 0 aliphatic rings. The SMILES string of the molecule is COc1c(OC)c(O)c2c(=O)c3cc(O)ccc3oc2c1OC. The maximum Gasteiger partial charge on any atom is 0.211 e. The van der Waals surface area contributed by atoms with E-state index >= 15 is 0 Å². The smallest absolute Gasteiger partial charge is 0.211 e. The van der Waals surface area contributed by atoms with Crippen LogP contribution in [0, 0.1) is 0 Å². The van der Waals surface area contributed by atoms with Crippen molar-refractivity contribution in [2.24, 2.45) is 0 Å². The second-order valence-electron chi connectivity index (χ2n) is 4.76. The van der Waals surface area contributed by atoms with Gasteiger partial charge in [-0.3, -0.25) is 4.79 Å². The molecule has 23 heavy (non-hydrogen) atoms. The van der Waals surface area contributed by atoms with Gasteiger partial charge in [0.2, 0.25) is 22.7 Å². The molecule has 0 unspecified atom stereocenters. The molecule has 1 heterocycles. The topological polar surface area (TPSA) is 98.4 Å². The fourth-order valence-electron chi connectivity index (χ4n) is 2.55. The third-order valence-corrected chi connectivity index (χ3v) is 3.56. The average molecular weight is 318 g/mol. The van der Waals surface area contributed by atoms with Crippen molar-refractivity contribution in [3.8, 4) is 28.7 Å². The van der Waals surface area contributed by atoms with Crippen LogP contribution in [-0.4, -0.2) is 31.5 Å². The van der Waals surface area contributed by atoms with Gasteiger partial charge in [-0.15, -0.1) is 0 Å². The van der Waals surface area contributed by atoms with Crippen LogP contribution in [0.4, 0.5) is 0 Å². The van der Waals surface area contributed by atoms with Crippen molar-refractivity contribution in [3.63, 3.8) is 0 Å². The Bertz CT molecular complexity index is 972. The van der Waals surface area contributed by atoms with E-state index in [1.165, 1.54) is 39.5 Å². The summed E-state index contributed by atoms with van der Waals surface area (Å²) < 4.78 is 21.3. The molecule has 7 heteroatoms. The van der Waals surface area contributed by atoms with E-state index in [0.29, 0.717) is 0 Å². The molecule has 1 aromatic heterocycles. The van der Waals surface area contributed by atoms with Crippen molar-refractivity contribution < 1.29 is 28.8 Å². The Morgan fingerprint density at radius 3 is 2.22 bits per heavy atom. The lowest BCUT2D eigenvalue weighted by molar-refractivity contribution is 0.311. The first-order valence-electron chi connectivity index (χ1n) is 6.63. The molecule has 120 valence electrons. The molecule has 0 amide bonds. The number of phenolic OH excluding ortho intramolecular Hbond substituents is 2. The fourth-order valence-corrected chi connectivity index (χ4v) is 2.55. The van der Waals surface area contributed by atoms with E-state index in [9.17, 15) is 15.0 Å². The highest BCUT2D eigenvalue weighted by atomic mass is 16.5. The summed E-state index contributed by atoms with van der Waals surface area (Å²) >= 11 is 0. The minimum atomic E-state index is -0.520. The van der Waals surface area contributed by atoms with Gasteiger partial charge in [0, 0.05) is 0 Å². The number of hydrogen-bond donors (Lipinski definition) is 2. The number of hydrogen-bond acceptors (Lipinski definition) is 7. The van der Waals surface area contributed by atoms with Crippen LogP contribution >= 0.6 is 0 Å². The Morgan fingerprint density at radius 1 is 0.957 bits per heavy atom. The van der Waals surface area contributed by atoms with Gasteiger partial charge in [-0.2, -0.15) is 0 Å². The first-order chi connectivity index (χ1) is 11.0. The van der Waals surface area contributed by atoms with E-state index in [0.717, 1.165) is 0 Å². The van der Waals surface area contributed by atoms with E-state index in [1.54, 1.807) is 0 Å². The molecule has 3 aromatic rings. The maximum atomic E-state index is 12.7. The molecule has 2 aromatic carbocycles. The van der Waals surface area contributed by atoms with Crippen molar-refractivity contribution in [3.05, 3.63) is 28.4 Å². The van der Waals surface area contributed by atoms with Gasteiger partial charge >= 0.3 is 0 Å². The first kappa shape index (κ1) is 14.8. The zero-order chi connectivity index (χ0) is 16.7. The highest BCUT2D eigenvalue weighted by Crippen LogP contribution is 2.49. The summed E-state index contributed by atoms with van der Waals surface area (Å²) in [7, 11) is 4.09. The Morgan fingerprint density at radius 2 is 1.61 bits per heavy atom. The lowest BCUT2D eigenvalue weighted by atomic mass is 10.1. The third kappa shape index (κ3) is 2.01. The Balaban J connectivity index is 2.63. The second-order valence-corrected chi connectivity index (χ2v) is 4.76. The van der Waals surface area contributed by atoms with Crippen LogP contribution in [-0.2, 0) is 0 Å². The van der Waals surface area contributed by atoms with Crippen LogP contribution in [0.2, 0.25) is 0 Å². The monoisotopic (exact) mass is 318 g/mol. The summed E-state index contributed by atoms with van der Waals surface area (Å²) in [4.78, 5) is 12.7. The quantitative estimate of drug-likeness (QED) is 0.715. The summed E-state index contributed by atoms with van der Waals surface area (Å²) in [6, 6.07) is 4.12. The molecule has 0 radical (unpaired) electrons. The summed E-state index contributed by atoms with van der Waals surface area (Å²) in [5.41, 5.74) is -0.245. The predicted octanol–water partition coefficient (Wildman–Crippen LogP) is 2.38. The van der Waals surface area contributed by atoms with E-state index in [2.05, 4.69) is 0 Å². The van der Waals surface area contributed by atoms with Crippen molar-refractivity contribution >= 4 is 21.9 Å². The highest BCUT2D eigenvalue weighted by molar-refractivity contribution is 6.00. The summed E-state index contributed by atoms with van der Waals surface area (Å²) in [6.07, 6.45) is 0. The Kier molecular flexibility index (Phi) is 3.40. The molecular weight excluding hydrogens is 304 g/mol. The minimum absolute atomic E-state index is 0.0332. The van der Waals surface area contributed by atoms with Gasteiger partial charge in [0.15, 0.2) is 11.3 Å².